The second kappa shape index (κ2) is 4.49. The number of aliphatic hydroxyl groups is 1. The Kier molecular flexibility index (Phi) is 3.83. The fraction of sp³-hybridized carbons (Fsp3) is 0.250. The van der Waals surface area contributed by atoms with Gasteiger partial charge in [-0.25, -0.2) is 0 Å². The number of aliphatic hydroxyl groups excluding tert-OH is 1. The molecule has 1 atom stereocenters. The molecule has 1 unspecified atom stereocenters. The summed E-state index contributed by atoms with van der Waals surface area (Å²) in [5.74, 6) is 0. The molecule has 13 heavy (non-hydrogen) atoms. The van der Waals surface area contributed by atoms with E-state index in [1.165, 1.54) is 12.1 Å². The van der Waals surface area contributed by atoms with Gasteiger partial charge in [-0.15, -0.1) is 0 Å². The van der Waals surface area contributed by atoms with Gasteiger partial charge >= 0.3 is 0 Å². The van der Waals surface area contributed by atoms with Gasteiger partial charge in [-0.3, -0.25) is 0 Å². The van der Waals surface area contributed by atoms with E-state index in [9.17, 15) is 5.11 Å². The Morgan fingerprint density at radius 1 is 1.23 bits per heavy atom. The average Bonchev–Trinajstić information content (AvgIpc) is 2.02. The number of halogens is 3. The highest BCUT2D eigenvalue weighted by Gasteiger charge is 2.14. The van der Waals surface area contributed by atoms with Crippen LogP contribution in [0.4, 0.5) is 0 Å². The van der Waals surface area contributed by atoms with Crippen LogP contribution in [0, 0.1) is 0 Å². The number of hydrogen-bond acceptors (Lipinski definition) is 2. The summed E-state index contributed by atoms with van der Waals surface area (Å²) in [6, 6.07) is 3.03. The Bertz CT molecular complexity index is 293. The molecule has 0 aliphatic heterocycles. The zero-order valence-electron chi connectivity index (χ0n) is 6.60. The first-order chi connectivity index (χ1) is 6.06. The van der Waals surface area contributed by atoms with Crippen LogP contribution in [-0.4, -0.2) is 11.7 Å². The van der Waals surface area contributed by atoms with Crippen molar-refractivity contribution in [3.8, 4) is 0 Å². The number of hydrogen-bond donors (Lipinski definition) is 2. The maximum absolute atomic E-state index is 9.44. The first-order valence-corrected chi connectivity index (χ1v) is 4.72. The Hall–Kier alpha value is 0.01000. The summed E-state index contributed by atoms with van der Waals surface area (Å²) in [6.45, 7) is 0.0705. The first-order valence-electron chi connectivity index (χ1n) is 3.59. The summed E-state index contributed by atoms with van der Waals surface area (Å²) in [7, 11) is 0. The third-order valence-electron chi connectivity index (χ3n) is 1.60. The lowest BCUT2D eigenvalue weighted by Gasteiger charge is -2.12. The predicted octanol–water partition coefficient (Wildman–Crippen LogP) is 2.64. The molecule has 0 radical (unpaired) electrons. The first kappa shape index (κ1) is 11.1. The van der Waals surface area contributed by atoms with Crippen LogP contribution in [0.15, 0.2) is 12.1 Å². The average molecular weight is 241 g/mol. The summed E-state index contributed by atoms with van der Waals surface area (Å²) in [5, 5.41) is 10.5. The van der Waals surface area contributed by atoms with Crippen LogP contribution < -0.4 is 5.73 Å². The van der Waals surface area contributed by atoms with E-state index in [4.69, 9.17) is 40.5 Å². The van der Waals surface area contributed by atoms with Gasteiger partial charge in [0, 0.05) is 27.2 Å². The lowest BCUT2D eigenvalue weighted by Crippen LogP contribution is -2.12. The van der Waals surface area contributed by atoms with Crippen LogP contribution in [0.1, 0.15) is 11.7 Å². The molecule has 0 amide bonds. The van der Waals surface area contributed by atoms with E-state index >= 15 is 0 Å². The zero-order chi connectivity index (χ0) is 10.0. The molecule has 0 heterocycles. The smallest absolute Gasteiger partial charge is 0.0941 e. The fourth-order valence-corrected chi connectivity index (χ4v) is 2.06. The molecule has 0 fully saturated rings. The monoisotopic (exact) mass is 239 g/mol. The molecule has 0 aliphatic carbocycles. The van der Waals surface area contributed by atoms with Crippen LogP contribution in [-0.2, 0) is 0 Å². The van der Waals surface area contributed by atoms with Crippen molar-refractivity contribution < 1.29 is 5.11 Å². The molecule has 0 bridgehead atoms. The summed E-state index contributed by atoms with van der Waals surface area (Å²) >= 11 is 17.3. The van der Waals surface area contributed by atoms with Crippen LogP contribution >= 0.6 is 34.8 Å². The van der Waals surface area contributed by atoms with E-state index in [-0.39, 0.29) is 6.54 Å². The zero-order valence-corrected chi connectivity index (χ0v) is 8.87. The molecule has 0 aromatic heterocycles. The van der Waals surface area contributed by atoms with Gasteiger partial charge in [-0.2, -0.15) is 0 Å². The lowest BCUT2D eigenvalue weighted by atomic mass is 10.1. The van der Waals surface area contributed by atoms with Crippen molar-refractivity contribution in [1.29, 1.82) is 0 Å². The molecule has 2 nitrogen and oxygen atoms in total. The van der Waals surface area contributed by atoms with Crippen LogP contribution in [0.25, 0.3) is 0 Å². The number of benzene rings is 1. The normalized spacial score (nSPS) is 13.0. The summed E-state index contributed by atoms with van der Waals surface area (Å²) in [6.07, 6.45) is -0.850. The van der Waals surface area contributed by atoms with Crippen LogP contribution in [0.5, 0.6) is 0 Å². The van der Waals surface area contributed by atoms with Gasteiger partial charge in [-0.1, -0.05) is 34.8 Å². The number of rotatable bonds is 2. The third kappa shape index (κ3) is 2.48. The Balaban J connectivity index is 3.20. The van der Waals surface area contributed by atoms with Crippen molar-refractivity contribution in [2.75, 3.05) is 6.54 Å². The highest BCUT2D eigenvalue weighted by atomic mass is 35.5. The minimum atomic E-state index is -0.850. The molecule has 0 saturated carbocycles. The molecule has 1 aromatic rings. The topological polar surface area (TPSA) is 46.2 Å². The van der Waals surface area contributed by atoms with E-state index in [1.807, 2.05) is 0 Å². The van der Waals surface area contributed by atoms with Crippen molar-refractivity contribution in [3.63, 3.8) is 0 Å². The highest BCUT2D eigenvalue weighted by Crippen LogP contribution is 2.32. The quantitative estimate of drug-likeness (QED) is 0.835. The van der Waals surface area contributed by atoms with Gasteiger partial charge in [0.15, 0.2) is 0 Å². The summed E-state index contributed by atoms with van der Waals surface area (Å²) in [5.41, 5.74) is 5.71. The van der Waals surface area contributed by atoms with Crippen molar-refractivity contribution in [1.82, 2.24) is 0 Å². The van der Waals surface area contributed by atoms with E-state index in [1.54, 1.807) is 0 Å². The maximum atomic E-state index is 9.44. The third-order valence-corrected chi connectivity index (χ3v) is 2.44. The summed E-state index contributed by atoms with van der Waals surface area (Å²) < 4.78 is 0. The molecule has 1 rings (SSSR count). The van der Waals surface area contributed by atoms with Gasteiger partial charge in [0.1, 0.15) is 0 Å². The Morgan fingerprint density at radius 3 is 2.08 bits per heavy atom. The number of nitrogens with two attached hydrogens (primary N) is 1. The van der Waals surface area contributed by atoms with Crippen LogP contribution in [0.3, 0.4) is 0 Å². The molecule has 0 saturated heterocycles. The highest BCUT2D eigenvalue weighted by molar-refractivity contribution is 6.39. The molecular weight excluding hydrogens is 232 g/mol. The van der Waals surface area contributed by atoms with Gasteiger partial charge in [0.25, 0.3) is 0 Å². The van der Waals surface area contributed by atoms with E-state index in [0.717, 1.165) is 0 Å². The molecular formula is C8H8Cl3NO. The van der Waals surface area contributed by atoms with Gasteiger partial charge in [-0.05, 0) is 12.1 Å². The van der Waals surface area contributed by atoms with Gasteiger partial charge in [0.05, 0.1) is 6.10 Å². The maximum Gasteiger partial charge on any atom is 0.0941 e. The molecule has 1 aromatic carbocycles. The van der Waals surface area contributed by atoms with E-state index in [0.29, 0.717) is 20.6 Å². The Labute approximate surface area is 91.2 Å². The van der Waals surface area contributed by atoms with E-state index in [2.05, 4.69) is 0 Å². The van der Waals surface area contributed by atoms with Crippen molar-refractivity contribution in [2.45, 2.75) is 6.10 Å². The lowest BCUT2D eigenvalue weighted by molar-refractivity contribution is 0.187. The standard InChI is InChI=1S/C8H8Cl3NO/c9-4-1-5(10)8(6(11)2-4)7(13)3-12/h1-2,7,13H,3,12H2. The second-order valence-electron chi connectivity index (χ2n) is 2.53. The Morgan fingerprint density at radius 2 is 1.69 bits per heavy atom. The SMILES string of the molecule is NCC(O)c1c(Cl)cc(Cl)cc1Cl. The van der Waals surface area contributed by atoms with Gasteiger partial charge in [0.2, 0.25) is 0 Å². The minimum Gasteiger partial charge on any atom is -0.387 e. The minimum absolute atomic E-state index is 0.0705. The molecule has 72 valence electrons. The molecule has 0 aliphatic rings. The van der Waals surface area contributed by atoms with Crippen molar-refractivity contribution in [2.24, 2.45) is 5.73 Å². The predicted molar refractivity (Wildman–Crippen MR) is 55.5 cm³/mol. The second-order valence-corrected chi connectivity index (χ2v) is 3.79. The van der Waals surface area contributed by atoms with Crippen LogP contribution in [0.2, 0.25) is 15.1 Å². The van der Waals surface area contributed by atoms with Gasteiger partial charge < -0.3 is 10.8 Å². The molecule has 0 spiro atoms. The summed E-state index contributed by atoms with van der Waals surface area (Å²) in [4.78, 5) is 0. The van der Waals surface area contributed by atoms with E-state index < -0.39 is 6.10 Å². The molecule has 5 heteroatoms. The van der Waals surface area contributed by atoms with Crippen molar-refractivity contribution in [3.05, 3.63) is 32.8 Å². The molecule has 3 N–H and O–H groups in total. The van der Waals surface area contributed by atoms with Crippen molar-refractivity contribution >= 4 is 34.8 Å². The largest absolute Gasteiger partial charge is 0.387 e. The fourth-order valence-electron chi connectivity index (χ4n) is 0.990.